The molecule has 0 N–H and O–H groups in total. The molecule has 4 heterocycles. The van der Waals surface area contributed by atoms with Gasteiger partial charge in [0.05, 0.1) is 18.5 Å². The minimum absolute atomic E-state index is 0.0290. The van der Waals surface area contributed by atoms with Crippen molar-refractivity contribution < 1.29 is 9.63 Å². The van der Waals surface area contributed by atoms with E-state index in [1.54, 1.807) is 30.0 Å². The van der Waals surface area contributed by atoms with Crippen LogP contribution in [-0.2, 0) is 16.1 Å². The van der Waals surface area contributed by atoms with Gasteiger partial charge in [0.15, 0.2) is 5.65 Å². The fourth-order valence-electron chi connectivity index (χ4n) is 4.54. The summed E-state index contributed by atoms with van der Waals surface area (Å²) >= 11 is 0. The van der Waals surface area contributed by atoms with Gasteiger partial charge in [0.1, 0.15) is 12.4 Å². The highest BCUT2D eigenvalue weighted by molar-refractivity contribution is 5.78. The molecule has 1 atom stereocenters. The molecule has 0 bridgehead atoms. The second-order valence-corrected chi connectivity index (χ2v) is 7.95. The van der Waals surface area contributed by atoms with Gasteiger partial charge < -0.3 is 0 Å². The molecule has 0 radical (unpaired) electrons. The molecule has 8 heteroatoms. The maximum Gasteiger partial charge on any atom is 0.249 e. The zero-order valence-corrected chi connectivity index (χ0v) is 16.2. The molecule has 0 spiro atoms. The Kier molecular flexibility index (Phi) is 4.93. The van der Waals surface area contributed by atoms with Gasteiger partial charge in [-0.2, -0.15) is 5.10 Å². The Hall–Kier alpha value is -2.87. The number of hydrogen-bond acceptors (Lipinski definition) is 6. The van der Waals surface area contributed by atoms with Crippen molar-refractivity contribution in [2.45, 2.75) is 44.6 Å². The van der Waals surface area contributed by atoms with Crippen molar-refractivity contribution in [3.05, 3.63) is 54.5 Å². The predicted molar refractivity (Wildman–Crippen MR) is 104 cm³/mol. The maximum absolute atomic E-state index is 13.1. The first-order valence-corrected chi connectivity index (χ1v) is 10.3. The van der Waals surface area contributed by atoms with E-state index < -0.39 is 0 Å². The largest absolute Gasteiger partial charge is 0.272 e. The number of hydroxylamine groups is 2. The summed E-state index contributed by atoms with van der Waals surface area (Å²) in [6.45, 7) is 0.549. The normalized spacial score (nSPS) is 24.8. The smallest absolute Gasteiger partial charge is 0.249 e. The third kappa shape index (κ3) is 3.72. The van der Waals surface area contributed by atoms with Crippen LogP contribution in [0.3, 0.4) is 0 Å². The van der Waals surface area contributed by atoms with Crippen molar-refractivity contribution in [3.63, 3.8) is 0 Å². The first-order chi connectivity index (χ1) is 14.3. The average Bonchev–Trinajstić information content (AvgIpc) is 3.44. The molecule has 1 saturated heterocycles. The van der Waals surface area contributed by atoms with Gasteiger partial charge in [-0.15, -0.1) is 0 Å². The van der Waals surface area contributed by atoms with E-state index in [1.807, 2.05) is 10.6 Å². The van der Waals surface area contributed by atoms with Crippen LogP contribution in [0.5, 0.6) is 0 Å². The van der Waals surface area contributed by atoms with Gasteiger partial charge in [-0.05, 0) is 49.7 Å². The van der Waals surface area contributed by atoms with Gasteiger partial charge in [0.2, 0.25) is 5.91 Å². The van der Waals surface area contributed by atoms with Crippen molar-refractivity contribution in [3.8, 4) is 0 Å². The molecule has 1 saturated carbocycles. The quantitative estimate of drug-likeness (QED) is 0.679. The van der Waals surface area contributed by atoms with Gasteiger partial charge in [0.25, 0.3) is 0 Å². The first kappa shape index (κ1) is 18.2. The topological polar surface area (TPSA) is 85.5 Å². The van der Waals surface area contributed by atoms with E-state index in [0.717, 1.165) is 49.9 Å². The highest BCUT2D eigenvalue weighted by atomic mass is 16.7. The van der Waals surface area contributed by atoms with Gasteiger partial charge in [-0.1, -0.05) is 6.07 Å². The molecule has 5 rings (SSSR count). The zero-order chi connectivity index (χ0) is 19.6. The molecule has 1 aliphatic heterocycles. The fourth-order valence-corrected chi connectivity index (χ4v) is 4.54. The van der Waals surface area contributed by atoms with E-state index in [2.05, 4.69) is 32.3 Å². The van der Waals surface area contributed by atoms with Gasteiger partial charge in [-0.25, -0.2) is 14.6 Å². The number of nitrogens with zero attached hydrogens (tertiary/aromatic N) is 6. The Morgan fingerprint density at radius 1 is 1.10 bits per heavy atom. The third-order valence-electron chi connectivity index (χ3n) is 6.10. The summed E-state index contributed by atoms with van der Waals surface area (Å²) in [6.07, 6.45) is 14.4. The summed E-state index contributed by atoms with van der Waals surface area (Å²) in [6, 6.07) is 4.02. The highest BCUT2D eigenvalue weighted by Gasteiger charge is 2.37. The Morgan fingerprint density at radius 2 is 2.00 bits per heavy atom. The number of aromatic nitrogens is 5. The molecule has 0 unspecified atom stereocenters. The van der Waals surface area contributed by atoms with E-state index in [1.165, 1.54) is 5.56 Å². The number of pyridine rings is 1. The van der Waals surface area contributed by atoms with Gasteiger partial charge in [0, 0.05) is 30.9 Å². The standard InChI is InChI=1S/C21H24N6O2/c28-21(27-19(7-10-29-27)18-12-22-8-9-23-18)17-4-1-15(2-5-17)11-16-3-6-20-24-14-25-26(20)13-16/h3,6,8-9,12-15,17,19H,1-2,4-5,7,10-11H2/t15?,17?,19-/m0/s1. The predicted octanol–water partition coefficient (Wildman–Crippen LogP) is 2.77. The summed E-state index contributed by atoms with van der Waals surface area (Å²) in [5.41, 5.74) is 2.94. The van der Waals surface area contributed by atoms with E-state index in [9.17, 15) is 4.79 Å². The Balaban J connectivity index is 1.19. The number of carbonyl (C=O) groups excluding carboxylic acids is 1. The second kappa shape index (κ2) is 7.87. The highest BCUT2D eigenvalue weighted by Crippen LogP contribution is 2.36. The maximum atomic E-state index is 13.1. The lowest BCUT2D eigenvalue weighted by molar-refractivity contribution is -0.183. The molecule has 1 aliphatic carbocycles. The SMILES string of the molecule is O=C(C1CCC(Cc2ccc3ncnn3c2)CC1)N1OCC[C@H]1c1cnccn1. The number of hydrogen-bond donors (Lipinski definition) is 0. The Bertz CT molecular complexity index is 983. The molecule has 150 valence electrons. The molecular weight excluding hydrogens is 368 g/mol. The summed E-state index contributed by atoms with van der Waals surface area (Å²) in [7, 11) is 0. The van der Waals surface area contributed by atoms with Crippen LogP contribution in [0.15, 0.2) is 43.2 Å². The third-order valence-corrected chi connectivity index (χ3v) is 6.10. The van der Waals surface area contributed by atoms with Crippen LogP contribution in [0.2, 0.25) is 0 Å². The summed E-state index contributed by atoms with van der Waals surface area (Å²) in [4.78, 5) is 31.5. The molecule has 3 aromatic rings. The molecular formula is C21H24N6O2. The number of rotatable bonds is 4. The number of fused-ring (bicyclic) bond motifs is 1. The van der Waals surface area contributed by atoms with E-state index in [4.69, 9.17) is 4.84 Å². The number of carbonyl (C=O) groups is 1. The van der Waals surface area contributed by atoms with Crippen LogP contribution in [0, 0.1) is 11.8 Å². The zero-order valence-electron chi connectivity index (χ0n) is 16.2. The molecule has 3 aromatic heterocycles. The minimum Gasteiger partial charge on any atom is -0.272 e. The monoisotopic (exact) mass is 392 g/mol. The summed E-state index contributed by atoms with van der Waals surface area (Å²) in [5.74, 6) is 0.720. The fraction of sp³-hybridized carbons (Fsp3) is 0.476. The Morgan fingerprint density at radius 3 is 2.83 bits per heavy atom. The van der Waals surface area contributed by atoms with Crippen LogP contribution in [0.25, 0.3) is 5.65 Å². The first-order valence-electron chi connectivity index (χ1n) is 10.3. The molecule has 2 aliphatic rings. The van der Waals surface area contributed by atoms with Crippen LogP contribution >= 0.6 is 0 Å². The summed E-state index contributed by atoms with van der Waals surface area (Å²) < 4.78 is 1.82. The molecule has 1 amide bonds. The van der Waals surface area contributed by atoms with E-state index >= 15 is 0 Å². The lowest BCUT2D eigenvalue weighted by Gasteiger charge is -2.31. The average molecular weight is 392 g/mol. The molecule has 2 fully saturated rings. The molecule has 0 aromatic carbocycles. The van der Waals surface area contributed by atoms with E-state index in [-0.39, 0.29) is 17.9 Å². The summed E-state index contributed by atoms with van der Waals surface area (Å²) in [5, 5.41) is 5.78. The van der Waals surface area contributed by atoms with Crippen LogP contribution < -0.4 is 0 Å². The number of amides is 1. The van der Waals surface area contributed by atoms with Gasteiger partial charge in [-0.3, -0.25) is 19.6 Å². The van der Waals surface area contributed by atoms with Crippen LogP contribution in [0.1, 0.15) is 49.4 Å². The van der Waals surface area contributed by atoms with Crippen molar-refractivity contribution in [1.82, 2.24) is 29.6 Å². The van der Waals surface area contributed by atoms with Crippen LogP contribution in [0.4, 0.5) is 0 Å². The van der Waals surface area contributed by atoms with Crippen molar-refractivity contribution in [2.24, 2.45) is 11.8 Å². The van der Waals surface area contributed by atoms with Gasteiger partial charge >= 0.3 is 0 Å². The Labute approximate surface area is 168 Å². The van der Waals surface area contributed by atoms with Crippen molar-refractivity contribution in [2.75, 3.05) is 6.61 Å². The lowest BCUT2D eigenvalue weighted by Crippen LogP contribution is -2.37. The minimum atomic E-state index is -0.122. The lowest BCUT2D eigenvalue weighted by atomic mass is 9.79. The van der Waals surface area contributed by atoms with Crippen molar-refractivity contribution >= 4 is 11.6 Å². The van der Waals surface area contributed by atoms with Crippen molar-refractivity contribution in [1.29, 1.82) is 0 Å². The molecule has 8 nitrogen and oxygen atoms in total. The van der Waals surface area contributed by atoms with Crippen LogP contribution in [-0.4, -0.2) is 42.1 Å². The van der Waals surface area contributed by atoms with E-state index in [0.29, 0.717) is 12.5 Å². The molecule has 29 heavy (non-hydrogen) atoms. The second-order valence-electron chi connectivity index (χ2n) is 7.95.